The molecule has 19 heavy (non-hydrogen) atoms. The van der Waals surface area contributed by atoms with E-state index in [0.29, 0.717) is 23.2 Å². The van der Waals surface area contributed by atoms with Crippen molar-refractivity contribution < 1.29 is 8.42 Å². The molecule has 1 aromatic heterocycles. The minimum Gasteiger partial charge on any atom is -0.364 e. The predicted octanol–water partition coefficient (Wildman–Crippen LogP) is 2.07. The molecular weight excluding hydrogens is 286 g/mol. The minimum atomic E-state index is -2.94. The van der Waals surface area contributed by atoms with Crippen molar-refractivity contribution in [2.45, 2.75) is 38.6 Å². The molecule has 0 bridgehead atoms. The topological polar surface area (TPSA) is 72.0 Å². The summed E-state index contributed by atoms with van der Waals surface area (Å²) < 4.78 is 23.1. The van der Waals surface area contributed by atoms with Crippen LogP contribution in [-0.4, -0.2) is 35.4 Å². The minimum absolute atomic E-state index is 0.130. The van der Waals surface area contributed by atoms with Gasteiger partial charge in [0.15, 0.2) is 9.84 Å². The van der Waals surface area contributed by atoms with E-state index in [1.165, 1.54) is 0 Å². The van der Waals surface area contributed by atoms with Crippen molar-refractivity contribution in [3.05, 3.63) is 17.0 Å². The van der Waals surface area contributed by atoms with Crippen molar-refractivity contribution in [3.63, 3.8) is 0 Å². The van der Waals surface area contributed by atoms with Crippen LogP contribution in [0.4, 0.5) is 5.82 Å². The van der Waals surface area contributed by atoms with Crippen LogP contribution in [0, 0.1) is 0 Å². The van der Waals surface area contributed by atoms with Crippen LogP contribution in [0.3, 0.4) is 0 Å². The average Bonchev–Trinajstić information content (AvgIpc) is 2.52. The van der Waals surface area contributed by atoms with Crippen LogP contribution in [0.2, 0.25) is 5.15 Å². The predicted molar refractivity (Wildman–Crippen MR) is 76.3 cm³/mol. The molecule has 5 nitrogen and oxygen atoms in total. The van der Waals surface area contributed by atoms with Gasteiger partial charge >= 0.3 is 0 Å². The zero-order valence-electron chi connectivity index (χ0n) is 11.1. The summed E-state index contributed by atoms with van der Waals surface area (Å²) in [4.78, 5) is 8.52. The van der Waals surface area contributed by atoms with E-state index in [4.69, 9.17) is 11.6 Å². The molecule has 1 saturated heterocycles. The first-order chi connectivity index (χ1) is 8.82. The van der Waals surface area contributed by atoms with Gasteiger partial charge in [0, 0.05) is 12.5 Å². The third-order valence-corrected chi connectivity index (χ3v) is 5.24. The summed E-state index contributed by atoms with van der Waals surface area (Å²) in [6.07, 6.45) is 2.27. The summed E-state index contributed by atoms with van der Waals surface area (Å²) in [7, 11) is -2.94. The SMILES string of the molecule is CCCc1nc(Cl)cc(NC2(C)CCS(=O)(=O)C2)n1. The Kier molecular flexibility index (Phi) is 4.01. The Bertz CT molecular complexity index is 576. The number of hydrogen-bond acceptors (Lipinski definition) is 5. The fourth-order valence-corrected chi connectivity index (χ4v) is 4.58. The van der Waals surface area contributed by atoms with Crippen LogP contribution in [-0.2, 0) is 16.3 Å². The lowest BCUT2D eigenvalue weighted by Crippen LogP contribution is -2.36. The Hall–Kier alpha value is -0.880. The van der Waals surface area contributed by atoms with Gasteiger partial charge in [-0.2, -0.15) is 0 Å². The van der Waals surface area contributed by atoms with E-state index < -0.39 is 15.4 Å². The number of aromatic nitrogens is 2. The number of hydrogen-bond donors (Lipinski definition) is 1. The molecule has 0 amide bonds. The third-order valence-electron chi connectivity index (χ3n) is 3.15. The highest BCUT2D eigenvalue weighted by Gasteiger charge is 2.38. The lowest BCUT2D eigenvalue weighted by Gasteiger charge is -2.24. The molecule has 1 N–H and O–H groups in total. The number of nitrogens with zero attached hydrogens (tertiary/aromatic N) is 2. The lowest BCUT2D eigenvalue weighted by atomic mass is 10.0. The summed E-state index contributed by atoms with van der Waals surface area (Å²) in [5.74, 6) is 1.63. The molecule has 0 spiro atoms. The van der Waals surface area contributed by atoms with Gasteiger partial charge in [0.2, 0.25) is 0 Å². The van der Waals surface area contributed by atoms with E-state index in [1.807, 2.05) is 13.8 Å². The second-order valence-corrected chi connectivity index (χ2v) is 7.84. The average molecular weight is 304 g/mol. The fourth-order valence-electron chi connectivity index (χ4n) is 2.28. The van der Waals surface area contributed by atoms with Gasteiger partial charge in [-0.3, -0.25) is 0 Å². The molecule has 106 valence electrons. The van der Waals surface area contributed by atoms with Crippen LogP contribution in [0.25, 0.3) is 0 Å². The maximum Gasteiger partial charge on any atom is 0.152 e. The van der Waals surface area contributed by atoms with E-state index in [2.05, 4.69) is 15.3 Å². The van der Waals surface area contributed by atoms with Gasteiger partial charge < -0.3 is 5.32 Å². The molecule has 1 aromatic rings. The zero-order chi connectivity index (χ0) is 14.1. The molecule has 1 fully saturated rings. The van der Waals surface area contributed by atoms with Crippen LogP contribution in [0.15, 0.2) is 6.07 Å². The Morgan fingerprint density at radius 3 is 2.79 bits per heavy atom. The molecular formula is C12H18ClN3O2S. The Balaban J connectivity index is 2.19. The quantitative estimate of drug-likeness (QED) is 0.862. The van der Waals surface area contributed by atoms with Crippen molar-refractivity contribution in [1.29, 1.82) is 0 Å². The standard InChI is InChI=1S/C12H18ClN3O2S/c1-3-4-10-14-9(13)7-11(15-10)16-12(2)5-6-19(17,18)8-12/h7H,3-6,8H2,1-2H3,(H,14,15,16). The van der Waals surface area contributed by atoms with Crippen LogP contribution < -0.4 is 5.32 Å². The van der Waals surface area contributed by atoms with Crippen molar-refractivity contribution in [2.24, 2.45) is 0 Å². The smallest absolute Gasteiger partial charge is 0.152 e. The van der Waals surface area contributed by atoms with Crippen LogP contribution in [0.1, 0.15) is 32.5 Å². The van der Waals surface area contributed by atoms with E-state index >= 15 is 0 Å². The second kappa shape index (κ2) is 5.25. The number of rotatable bonds is 4. The second-order valence-electron chi connectivity index (χ2n) is 5.27. The van der Waals surface area contributed by atoms with Crippen LogP contribution in [0.5, 0.6) is 0 Å². The summed E-state index contributed by atoms with van der Waals surface area (Å²) in [6.45, 7) is 3.94. The van der Waals surface area contributed by atoms with Crippen LogP contribution >= 0.6 is 11.6 Å². The molecule has 0 aliphatic carbocycles. The number of anilines is 1. The Morgan fingerprint density at radius 2 is 2.21 bits per heavy atom. The molecule has 1 atom stereocenters. The zero-order valence-corrected chi connectivity index (χ0v) is 12.7. The normalized spacial score (nSPS) is 25.4. The van der Waals surface area contributed by atoms with E-state index in [-0.39, 0.29) is 11.5 Å². The summed E-state index contributed by atoms with van der Waals surface area (Å²) in [5.41, 5.74) is -0.472. The maximum absolute atomic E-state index is 11.6. The third kappa shape index (κ3) is 3.79. The molecule has 1 aliphatic rings. The number of aryl methyl sites for hydroxylation is 1. The van der Waals surface area contributed by atoms with Crippen molar-refractivity contribution in [1.82, 2.24) is 9.97 Å². The van der Waals surface area contributed by atoms with E-state index in [9.17, 15) is 8.42 Å². The first-order valence-corrected chi connectivity index (χ1v) is 8.54. The van der Waals surface area contributed by atoms with Crippen molar-refractivity contribution in [2.75, 3.05) is 16.8 Å². The molecule has 7 heteroatoms. The van der Waals surface area contributed by atoms with E-state index in [1.54, 1.807) is 6.07 Å². The first kappa shape index (κ1) is 14.5. The van der Waals surface area contributed by atoms with Gasteiger partial charge in [0.1, 0.15) is 16.8 Å². The fraction of sp³-hybridized carbons (Fsp3) is 0.667. The molecule has 0 saturated carbocycles. The van der Waals surface area contributed by atoms with Gasteiger partial charge in [-0.1, -0.05) is 18.5 Å². The molecule has 1 aliphatic heterocycles. The highest BCUT2D eigenvalue weighted by molar-refractivity contribution is 7.91. The van der Waals surface area contributed by atoms with Gasteiger partial charge in [-0.15, -0.1) is 0 Å². The monoisotopic (exact) mass is 303 g/mol. The van der Waals surface area contributed by atoms with Gasteiger partial charge in [0.05, 0.1) is 17.0 Å². The first-order valence-electron chi connectivity index (χ1n) is 6.34. The van der Waals surface area contributed by atoms with Gasteiger partial charge in [0.25, 0.3) is 0 Å². The summed E-state index contributed by atoms with van der Waals surface area (Å²) >= 11 is 5.96. The largest absolute Gasteiger partial charge is 0.364 e. The maximum atomic E-state index is 11.6. The highest BCUT2D eigenvalue weighted by Crippen LogP contribution is 2.27. The molecule has 1 unspecified atom stereocenters. The van der Waals surface area contributed by atoms with Crippen molar-refractivity contribution in [3.8, 4) is 0 Å². The number of nitrogens with one attached hydrogen (secondary N) is 1. The summed E-state index contributed by atoms with van der Waals surface area (Å²) in [5, 5.41) is 3.58. The van der Waals surface area contributed by atoms with Gasteiger partial charge in [-0.25, -0.2) is 18.4 Å². The number of halogens is 1. The number of sulfone groups is 1. The van der Waals surface area contributed by atoms with E-state index in [0.717, 1.165) is 12.8 Å². The summed E-state index contributed by atoms with van der Waals surface area (Å²) in [6, 6.07) is 1.64. The Labute approximate surface area is 118 Å². The molecule has 2 rings (SSSR count). The molecule has 0 aromatic carbocycles. The van der Waals surface area contributed by atoms with Crippen molar-refractivity contribution >= 4 is 27.3 Å². The van der Waals surface area contributed by atoms with Gasteiger partial charge in [-0.05, 0) is 19.8 Å². The Morgan fingerprint density at radius 1 is 1.47 bits per heavy atom. The highest BCUT2D eigenvalue weighted by atomic mass is 35.5. The molecule has 2 heterocycles. The lowest BCUT2D eigenvalue weighted by molar-refractivity contribution is 0.571. The molecule has 0 radical (unpaired) electrons.